The van der Waals surface area contributed by atoms with E-state index in [0.717, 1.165) is 11.3 Å². The van der Waals surface area contributed by atoms with Crippen LogP contribution in [0.2, 0.25) is 0 Å². The molecular weight excluding hydrogens is 316 g/mol. The lowest BCUT2D eigenvalue weighted by molar-refractivity contribution is -0.134. The molecule has 0 bridgehead atoms. The van der Waals surface area contributed by atoms with Gasteiger partial charge in [0.05, 0.1) is 24.0 Å². The van der Waals surface area contributed by atoms with Crippen molar-refractivity contribution in [3.63, 3.8) is 0 Å². The zero-order valence-corrected chi connectivity index (χ0v) is 14.0. The molecule has 7 heteroatoms. The summed E-state index contributed by atoms with van der Waals surface area (Å²) in [7, 11) is -1.37. The van der Waals surface area contributed by atoms with Gasteiger partial charge in [-0.15, -0.1) is 0 Å². The van der Waals surface area contributed by atoms with Gasteiger partial charge < -0.3 is 15.4 Å². The van der Waals surface area contributed by atoms with Gasteiger partial charge in [0.15, 0.2) is 9.84 Å². The van der Waals surface area contributed by atoms with Crippen LogP contribution < -0.4 is 15.4 Å². The van der Waals surface area contributed by atoms with E-state index in [9.17, 15) is 13.2 Å². The smallest absolute Gasteiger partial charge is 0.229 e. The van der Waals surface area contributed by atoms with E-state index < -0.39 is 15.3 Å². The van der Waals surface area contributed by atoms with Gasteiger partial charge in [0.25, 0.3) is 0 Å². The first kappa shape index (κ1) is 16.3. The van der Waals surface area contributed by atoms with Crippen LogP contribution in [0.4, 0.5) is 0 Å². The number of ether oxygens (including phenoxy) is 1. The van der Waals surface area contributed by atoms with E-state index in [2.05, 4.69) is 10.6 Å². The minimum absolute atomic E-state index is 0.0545. The highest BCUT2D eigenvalue weighted by molar-refractivity contribution is 7.91. The Morgan fingerprint density at radius 2 is 2.22 bits per heavy atom. The Balaban J connectivity index is 1.69. The van der Waals surface area contributed by atoms with Crippen LogP contribution in [0.5, 0.6) is 5.75 Å². The molecule has 0 radical (unpaired) electrons. The highest BCUT2D eigenvalue weighted by atomic mass is 32.2. The molecule has 1 amide bonds. The second-order valence-electron chi connectivity index (χ2n) is 6.49. The van der Waals surface area contributed by atoms with E-state index in [4.69, 9.17) is 4.74 Å². The van der Waals surface area contributed by atoms with Crippen LogP contribution in [-0.2, 0) is 21.1 Å². The van der Waals surface area contributed by atoms with E-state index in [1.807, 2.05) is 24.3 Å². The van der Waals surface area contributed by atoms with Crippen molar-refractivity contribution in [2.24, 2.45) is 5.41 Å². The third kappa shape index (κ3) is 3.50. The van der Waals surface area contributed by atoms with Crippen molar-refractivity contribution >= 4 is 15.7 Å². The molecule has 2 aliphatic heterocycles. The van der Waals surface area contributed by atoms with Crippen LogP contribution in [0.3, 0.4) is 0 Å². The summed E-state index contributed by atoms with van der Waals surface area (Å²) in [6.07, 6.45) is 1.12. The maximum atomic E-state index is 12.7. The number of sulfone groups is 1. The van der Waals surface area contributed by atoms with E-state index >= 15 is 0 Å². The van der Waals surface area contributed by atoms with Gasteiger partial charge in [-0.05, 0) is 30.5 Å². The van der Waals surface area contributed by atoms with Gasteiger partial charge in [-0.1, -0.05) is 12.1 Å². The zero-order chi connectivity index (χ0) is 16.5. The lowest BCUT2D eigenvalue weighted by atomic mass is 9.75. The number of carbonyl (C=O) groups is 1. The van der Waals surface area contributed by atoms with Crippen LogP contribution >= 0.6 is 0 Å². The first-order valence-electron chi connectivity index (χ1n) is 7.78. The van der Waals surface area contributed by atoms with Crippen molar-refractivity contribution in [1.82, 2.24) is 10.6 Å². The van der Waals surface area contributed by atoms with Gasteiger partial charge in [0, 0.05) is 19.1 Å². The molecule has 3 rings (SSSR count). The summed E-state index contributed by atoms with van der Waals surface area (Å²) in [5.41, 5.74) is 0.540. The quantitative estimate of drug-likeness (QED) is 0.797. The van der Waals surface area contributed by atoms with Crippen molar-refractivity contribution in [3.05, 3.63) is 29.8 Å². The molecule has 1 atom stereocenters. The Morgan fingerprint density at radius 1 is 1.43 bits per heavy atom. The minimum atomic E-state index is -2.99. The second-order valence-corrected chi connectivity index (χ2v) is 8.71. The number of hydrogen-bond donors (Lipinski definition) is 2. The van der Waals surface area contributed by atoms with Crippen LogP contribution in [-0.4, -0.2) is 52.1 Å². The summed E-state index contributed by atoms with van der Waals surface area (Å²) in [5, 5.41) is 6.10. The van der Waals surface area contributed by atoms with Crippen LogP contribution in [0, 0.1) is 5.41 Å². The molecule has 1 unspecified atom stereocenters. The Kier molecular flexibility index (Phi) is 4.33. The molecule has 2 fully saturated rings. The Hall–Kier alpha value is -1.60. The molecule has 0 aliphatic carbocycles. The van der Waals surface area contributed by atoms with Gasteiger partial charge in [0.2, 0.25) is 5.91 Å². The Labute approximate surface area is 136 Å². The first-order chi connectivity index (χ1) is 10.9. The normalized spacial score (nSPS) is 24.7. The van der Waals surface area contributed by atoms with Crippen molar-refractivity contribution in [2.75, 3.05) is 31.7 Å². The number of carbonyl (C=O) groups excluding carboxylic acids is 1. The number of rotatable bonds is 5. The first-order valence-corrected chi connectivity index (χ1v) is 9.60. The number of benzene rings is 1. The summed E-state index contributed by atoms with van der Waals surface area (Å²) in [6, 6.07) is 7.45. The summed E-state index contributed by atoms with van der Waals surface area (Å²) < 4.78 is 28.3. The van der Waals surface area contributed by atoms with E-state index in [-0.39, 0.29) is 23.5 Å². The number of nitrogens with one attached hydrogen (secondary N) is 2. The van der Waals surface area contributed by atoms with Gasteiger partial charge in [0.1, 0.15) is 5.75 Å². The van der Waals surface area contributed by atoms with E-state index in [1.54, 1.807) is 7.11 Å². The fraction of sp³-hybridized carbons (Fsp3) is 0.562. The molecule has 126 valence electrons. The van der Waals surface area contributed by atoms with Crippen molar-refractivity contribution in [2.45, 2.75) is 18.9 Å². The predicted octanol–water partition coefficient (Wildman–Crippen LogP) is 0.131. The molecular formula is C16H22N2O4S. The average molecular weight is 338 g/mol. The highest BCUT2D eigenvalue weighted by Gasteiger charge is 2.45. The SMILES string of the molecule is COc1cccc(CC2(C(=O)NC3CCS(=O)(=O)C3)CNC2)c1. The van der Waals surface area contributed by atoms with E-state index in [1.165, 1.54) is 0 Å². The zero-order valence-electron chi connectivity index (χ0n) is 13.2. The van der Waals surface area contributed by atoms with E-state index in [0.29, 0.717) is 25.9 Å². The molecule has 1 aromatic carbocycles. The fourth-order valence-electron chi connectivity index (χ4n) is 3.21. The third-order valence-corrected chi connectivity index (χ3v) is 6.42. The number of methoxy groups -OCH3 is 1. The maximum Gasteiger partial charge on any atom is 0.229 e. The molecule has 0 aromatic heterocycles. The topological polar surface area (TPSA) is 84.5 Å². The van der Waals surface area contributed by atoms with Crippen molar-refractivity contribution in [3.8, 4) is 5.75 Å². The van der Waals surface area contributed by atoms with Gasteiger partial charge in [-0.25, -0.2) is 8.42 Å². The molecule has 0 spiro atoms. The summed E-state index contributed by atoms with van der Waals surface area (Å²) in [6.45, 7) is 1.21. The molecule has 2 saturated heterocycles. The minimum Gasteiger partial charge on any atom is -0.497 e. The maximum absolute atomic E-state index is 12.7. The standard InChI is InChI=1S/C16H22N2O4S/c1-22-14-4-2-3-12(7-14)8-16(10-17-11-16)15(19)18-13-5-6-23(20,21)9-13/h2-4,7,13,17H,5-6,8-11H2,1H3,(H,18,19). The summed E-state index contributed by atoms with van der Waals surface area (Å²) in [5.74, 6) is 0.939. The Morgan fingerprint density at radius 3 is 2.78 bits per heavy atom. The third-order valence-electron chi connectivity index (χ3n) is 4.65. The molecule has 2 heterocycles. The molecule has 23 heavy (non-hydrogen) atoms. The monoisotopic (exact) mass is 338 g/mol. The molecule has 2 N–H and O–H groups in total. The van der Waals surface area contributed by atoms with Crippen LogP contribution in [0.1, 0.15) is 12.0 Å². The molecule has 0 saturated carbocycles. The number of amides is 1. The highest BCUT2D eigenvalue weighted by Crippen LogP contribution is 2.30. The fourth-order valence-corrected chi connectivity index (χ4v) is 4.89. The van der Waals surface area contributed by atoms with Crippen LogP contribution in [0.15, 0.2) is 24.3 Å². The van der Waals surface area contributed by atoms with Crippen LogP contribution in [0.25, 0.3) is 0 Å². The van der Waals surface area contributed by atoms with Gasteiger partial charge in [-0.2, -0.15) is 0 Å². The molecule has 1 aromatic rings. The second kappa shape index (κ2) is 6.13. The summed E-state index contributed by atoms with van der Waals surface area (Å²) >= 11 is 0. The van der Waals surface area contributed by atoms with Gasteiger partial charge >= 0.3 is 0 Å². The Bertz CT molecular complexity index is 698. The van der Waals surface area contributed by atoms with Crippen molar-refractivity contribution < 1.29 is 17.9 Å². The lowest BCUT2D eigenvalue weighted by Crippen LogP contribution is -2.63. The van der Waals surface area contributed by atoms with Crippen molar-refractivity contribution in [1.29, 1.82) is 0 Å². The molecule has 6 nitrogen and oxygen atoms in total. The predicted molar refractivity (Wildman–Crippen MR) is 87.2 cm³/mol. The molecule has 2 aliphatic rings. The number of hydrogen-bond acceptors (Lipinski definition) is 5. The lowest BCUT2D eigenvalue weighted by Gasteiger charge is -2.41. The summed E-state index contributed by atoms with van der Waals surface area (Å²) in [4.78, 5) is 12.7. The average Bonchev–Trinajstić information content (AvgIpc) is 2.82. The van der Waals surface area contributed by atoms with Gasteiger partial charge in [-0.3, -0.25) is 4.79 Å². The largest absolute Gasteiger partial charge is 0.497 e.